The minimum atomic E-state index is 0.199. The number of hydrogen-bond acceptors (Lipinski definition) is 5. The van der Waals surface area contributed by atoms with Gasteiger partial charge in [0.1, 0.15) is 0 Å². The summed E-state index contributed by atoms with van der Waals surface area (Å²) in [7, 11) is 0. The fourth-order valence-electron chi connectivity index (χ4n) is 4.08. The van der Waals surface area contributed by atoms with Crippen LogP contribution in [0.4, 0.5) is 5.95 Å². The molecule has 0 unspecified atom stereocenters. The lowest BCUT2D eigenvalue weighted by molar-refractivity contribution is -0.131. The third-order valence-corrected chi connectivity index (χ3v) is 5.60. The van der Waals surface area contributed by atoms with Gasteiger partial charge in [0.2, 0.25) is 11.9 Å². The maximum Gasteiger partial charge on any atom is 0.223 e. The standard InChI is InChI=1S/C22H27N5O/c1-23-10-6-2-3-9-21(28)27-14-18-13-24-22(26-20(18)15-27)25-19-11-16-7-4-5-8-17(16)12-19/h4-5,7-8,13,19H,1-3,6,9-12,14-15H2,(H,24,25,26). The lowest BCUT2D eigenvalue weighted by Crippen LogP contribution is -2.25. The van der Waals surface area contributed by atoms with Crippen molar-refractivity contribution in [3.8, 4) is 0 Å². The molecule has 6 nitrogen and oxygen atoms in total. The Balaban J connectivity index is 1.30. The zero-order valence-corrected chi connectivity index (χ0v) is 16.2. The topological polar surface area (TPSA) is 70.5 Å². The second-order valence-electron chi connectivity index (χ2n) is 7.69. The van der Waals surface area contributed by atoms with Gasteiger partial charge in [-0.05, 0) is 43.5 Å². The molecule has 2 aromatic rings. The minimum absolute atomic E-state index is 0.199. The number of amides is 1. The van der Waals surface area contributed by atoms with Gasteiger partial charge in [-0.1, -0.05) is 30.7 Å². The molecule has 0 atom stereocenters. The van der Waals surface area contributed by atoms with Gasteiger partial charge in [0.25, 0.3) is 0 Å². The molecule has 2 heterocycles. The Morgan fingerprint density at radius 3 is 2.68 bits per heavy atom. The second kappa shape index (κ2) is 8.50. The number of hydrogen-bond donors (Lipinski definition) is 1. The first-order valence-corrected chi connectivity index (χ1v) is 10.1. The molecule has 0 fully saturated rings. The van der Waals surface area contributed by atoms with Crippen LogP contribution in [0.25, 0.3) is 0 Å². The van der Waals surface area contributed by atoms with Gasteiger partial charge in [-0.3, -0.25) is 4.79 Å². The van der Waals surface area contributed by atoms with Gasteiger partial charge >= 0.3 is 0 Å². The van der Waals surface area contributed by atoms with Crippen LogP contribution < -0.4 is 5.32 Å². The summed E-state index contributed by atoms with van der Waals surface area (Å²) in [5, 5.41) is 3.48. The molecule has 1 aliphatic carbocycles. The fourth-order valence-corrected chi connectivity index (χ4v) is 4.08. The summed E-state index contributed by atoms with van der Waals surface area (Å²) < 4.78 is 0. The van der Waals surface area contributed by atoms with Crippen LogP contribution in [-0.2, 0) is 30.7 Å². The molecule has 1 aromatic carbocycles. The van der Waals surface area contributed by atoms with E-state index in [-0.39, 0.29) is 5.91 Å². The third-order valence-electron chi connectivity index (χ3n) is 5.60. The van der Waals surface area contributed by atoms with E-state index in [9.17, 15) is 4.79 Å². The van der Waals surface area contributed by atoms with Crippen LogP contribution in [0, 0.1) is 0 Å². The quantitative estimate of drug-likeness (QED) is 0.567. The normalized spacial score (nSPS) is 15.4. The van der Waals surface area contributed by atoms with Gasteiger partial charge in [-0.2, -0.15) is 0 Å². The van der Waals surface area contributed by atoms with Gasteiger partial charge < -0.3 is 15.2 Å². The summed E-state index contributed by atoms with van der Waals surface area (Å²) in [6.45, 7) is 5.47. The van der Waals surface area contributed by atoms with Crippen LogP contribution in [0.3, 0.4) is 0 Å². The van der Waals surface area contributed by atoms with Crippen molar-refractivity contribution in [3.63, 3.8) is 0 Å². The lowest BCUT2D eigenvalue weighted by atomic mass is 10.1. The van der Waals surface area contributed by atoms with Gasteiger partial charge in [0.05, 0.1) is 12.2 Å². The first kappa shape index (κ1) is 18.6. The summed E-state index contributed by atoms with van der Waals surface area (Å²) in [5.74, 6) is 0.869. The summed E-state index contributed by atoms with van der Waals surface area (Å²) in [6, 6.07) is 8.90. The van der Waals surface area contributed by atoms with Gasteiger partial charge in [0, 0.05) is 37.3 Å². The Morgan fingerprint density at radius 1 is 1.14 bits per heavy atom. The van der Waals surface area contributed by atoms with E-state index >= 15 is 0 Å². The molecule has 6 heteroatoms. The first-order chi connectivity index (χ1) is 13.7. The van der Waals surface area contributed by atoms with E-state index in [1.807, 2.05) is 11.1 Å². The molecule has 28 heavy (non-hydrogen) atoms. The molecule has 0 spiro atoms. The summed E-state index contributed by atoms with van der Waals surface area (Å²) >= 11 is 0. The van der Waals surface area contributed by atoms with Crippen LogP contribution in [0.2, 0.25) is 0 Å². The Kier molecular flexibility index (Phi) is 5.65. The molecular formula is C22H27N5O. The van der Waals surface area contributed by atoms with Crippen molar-refractivity contribution in [2.24, 2.45) is 4.99 Å². The highest BCUT2D eigenvalue weighted by Crippen LogP contribution is 2.26. The van der Waals surface area contributed by atoms with E-state index in [4.69, 9.17) is 4.98 Å². The van der Waals surface area contributed by atoms with Crippen molar-refractivity contribution >= 4 is 18.6 Å². The fraction of sp³-hybridized carbons (Fsp3) is 0.455. The van der Waals surface area contributed by atoms with Crippen LogP contribution in [0.15, 0.2) is 35.5 Å². The number of nitrogens with one attached hydrogen (secondary N) is 1. The summed E-state index contributed by atoms with van der Waals surface area (Å²) in [4.78, 5) is 27.4. The molecule has 1 N–H and O–H groups in total. The largest absolute Gasteiger partial charge is 0.351 e. The van der Waals surface area contributed by atoms with Crippen LogP contribution in [0.1, 0.15) is 48.1 Å². The van der Waals surface area contributed by atoms with Gasteiger partial charge in [0.15, 0.2) is 0 Å². The molecule has 1 aromatic heterocycles. The number of unbranched alkanes of at least 4 members (excludes halogenated alkanes) is 2. The van der Waals surface area contributed by atoms with E-state index in [0.717, 1.165) is 49.9 Å². The zero-order chi connectivity index (χ0) is 19.3. The molecule has 0 saturated carbocycles. The first-order valence-electron chi connectivity index (χ1n) is 10.1. The number of aromatic nitrogens is 2. The Morgan fingerprint density at radius 2 is 1.93 bits per heavy atom. The molecule has 1 aliphatic heterocycles. The van der Waals surface area contributed by atoms with Crippen molar-refractivity contribution < 1.29 is 4.79 Å². The highest BCUT2D eigenvalue weighted by molar-refractivity contribution is 5.76. The van der Waals surface area contributed by atoms with E-state index in [0.29, 0.717) is 31.5 Å². The predicted molar refractivity (Wildman–Crippen MR) is 110 cm³/mol. The van der Waals surface area contributed by atoms with E-state index in [1.54, 1.807) is 0 Å². The van der Waals surface area contributed by atoms with Crippen LogP contribution in [-0.4, -0.2) is 40.1 Å². The Hall–Kier alpha value is -2.76. The lowest BCUT2D eigenvalue weighted by Gasteiger charge is -2.14. The molecule has 4 rings (SSSR count). The van der Waals surface area contributed by atoms with Crippen molar-refractivity contribution in [1.82, 2.24) is 14.9 Å². The maximum absolute atomic E-state index is 12.5. The SMILES string of the molecule is C=NCCCCCC(=O)N1Cc2cnc(NC3Cc4ccccc4C3)nc2C1. The highest BCUT2D eigenvalue weighted by atomic mass is 16.2. The monoisotopic (exact) mass is 377 g/mol. The molecule has 0 bridgehead atoms. The van der Waals surface area contributed by atoms with E-state index in [2.05, 4.69) is 46.3 Å². The number of carbonyl (C=O) groups excluding carboxylic acids is 1. The number of benzene rings is 1. The van der Waals surface area contributed by atoms with Crippen molar-refractivity contribution in [3.05, 3.63) is 52.8 Å². The second-order valence-corrected chi connectivity index (χ2v) is 7.69. The average molecular weight is 377 g/mol. The van der Waals surface area contributed by atoms with Crippen molar-refractivity contribution in [2.45, 2.75) is 57.7 Å². The van der Waals surface area contributed by atoms with E-state index in [1.165, 1.54) is 11.1 Å². The van der Waals surface area contributed by atoms with Crippen molar-refractivity contribution in [1.29, 1.82) is 0 Å². The highest BCUT2D eigenvalue weighted by Gasteiger charge is 2.26. The number of aliphatic imine (C=N–C) groups is 1. The van der Waals surface area contributed by atoms with Crippen LogP contribution >= 0.6 is 0 Å². The molecular weight excluding hydrogens is 350 g/mol. The predicted octanol–water partition coefficient (Wildman–Crippen LogP) is 3.16. The maximum atomic E-state index is 12.5. The average Bonchev–Trinajstić information content (AvgIpc) is 3.30. The molecule has 2 aliphatic rings. The molecule has 0 saturated heterocycles. The van der Waals surface area contributed by atoms with E-state index < -0.39 is 0 Å². The number of nitrogens with zero attached hydrogens (tertiary/aromatic N) is 4. The molecule has 0 radical (unpaired) electrons. The molecule has 1 amide bonds. The van der Waals surface area contributed by atoms with Gasteiger partial charge in [-0.25, -0.2) is 9.97 Å². The smallest absolute Gasteiger partial charge is 0.223 e. The Bertz CT molecular complexity index is 841. The molecule has 146 valence electrons. The summed E-state index contributed by atoms with van der Waals surface area (Å²) in [5.41, 5.74) is 4.84. The Labute approximate surface area is 166 Å². The number of carbonyl (C=O) groups is 1. The van der Waals surface area contributed by atoms with Crippen LogP contribution in [0.5, 0.6) is 0 Å². The number of rotatable bonds is 8. The van der Waals surface area contributed by atoms with Gasteiger partial charge in [-0.15, -0.1) is 0 Å². The summed E-state index contributed by atoms with van der Waals surface area (Å²) in [6.07, 6.45) is 7.39. The number of anilines is 1. The zero-order valence-electron chi connectivity index (χ0n) is 16.2. The number of fused-ring (bicyclic) bond motifs is 2. The third kappa shape index (κ3) is 4.21. The van der Waals surface area contributed by atoms with Crippen molar-refractivity contribution in [2.75, 3.05) is 11.9 Å². The minimum Gasteiger partial charge on any atom is -0.351 e.